The van der Waals surface area contributed by atoms with Crippen molar-refractivity contribution in [3.05, 3.63) is 0 Å². The van der Waals surface area contributed by atoms with Crippen LogP contribution in [0.1, 0.15) is 44.9 Å². The summed E-state index contributed by atoms with van der Waals surface area (Å²) in [7, 11) is 0. The number of hydrogen-bond acceptors (Lipinski definition) is 2. The second kappa shape index (κ2) is 2.48. The molecule has 1 unspecified atom stereocenters. The normalized spacial score (nSPS) is 39.9. The summed E-state index contributed by atoms with van der Waals surface area (Å²) in [5, 5.41) is 0. The maximum absolute atomic E-state index is 6.34. The molecule has 1 aliphatic heterocycles. The first-order valence-corrected chi connectivity index (χ1v) is 5.67. The van der Waals surface area contributed by atoms with Gasteiger partial charge in [-0.25, -0.2) is 0 Å². The molecule has 0 bridgehead atoms. The highest BCUT2D eigenvalue weighted by atomic mass is 16.5. The molecule has 1 heterocycles. The molecule has 74 valence electrons. The molecule has 2 saturated carbocycles. The topological polar surface area (TPSA) is 35.2 Å². The minimum atomic E-state index is 0.189. The van der Waals surface area contributed by atoms with Crippen molar-refractivity contribution in [2.75, 3.05) is 6.61 Å². The van der Waals surface area contributed by atoms with Gasteiger partial charge < -0.3 is 10.5 Å². The van der Waals surface area contributed by atoms with Crippen molar-refractivity contribution in [2.45, 2.75) is 56.6 Å². The summed E-state index contributed by atoms with van der Waals surface area (Å²) in [4.78, 5) is 0. The fourth-order valence-electron chi connectivity index (χ4n) is 3.08. The zero-order chi connectivity index (χ0) is 8.94. The first-order chi connectivity index (χ1) is 6.27. The van der Waals surface area contributed by atoms with E-state index in [0.29, 0.717) is 11.5 Å². The number of ether oxygens (including phenoxy) is 1. The second-order valence-electron chi connectivity index (χ2n) is 5.17. The van der Waals surface area contributed by atoms with Crippen LogP contribution in [0.15, 0.2) is 0 Å². The van der Waals surface area contributed by atoms with Crippen molar-refractivity contribution in [2.24, 2.45) is 11.1 Å². The quantitative estimate of drug-likeness (QED) is 0.705. The third kappa shape index (κ3) is 1.08. The highest BCUT2D eigenvalue weighted by Gasteiger charge is 2.67. The van der Waals surface area contributed by atoms with Crippen LogP contribution in [0, 0.1) is 5.41 Å². The van der Waals surface area contributed by atoms with Gasteiger partial charge in [-0.15, -0.1) is 0 Å². The van der Waals surface area contributed by atoms with Crippen LogP contribution < -0.4 is 5.73 Å². The average molecular weight is 181 g/mol. The summed E-state index contributed by atoms with van der Waals surface area (Å²) < 4.78 is 5.89. The van der Waals surface area contributed by atoms with E-state index in [1.807, 2.05) is 0 Å². The molecule has 3 aliphatic rings. The Balaban J connectivity index is 1.75. The van der Waals surface area contributed by atoms with Crippen molar-refractivity contribution in [3.63, 3.8) is 0 Å². The van der Waals surface area contributed by atoms with Crippen LogP contribution in [0.25, 0.3) is 0 Å². The van der Waals surface area contributed by atoms with Crippen LogP contribution in [-0.2, 0) is 4.74 Å². The first kappa shape index (κ1) is 8.25. The Labute approximate surface area is 79.8 Å². The standard InChI is InChI=1S/C11H19NO/c12-11(6-7-11)10(4-5-10)9-3-1-2-8-13-9/h9H,1-8,12H2. The third-order valence-corrected chi connectivity index (χ3v) is 4.36. The molecule has 1 saturated heterocycles. The van der Waals surface area contributed by atoms with E-state index in [1.165, 1.54) is 44.9 Å². The molecule has 3 fully saturated rings. The number of rotatable bonds is 2. The van der Waals surface area contributed by atoms with Gasteiger partial charge in [0.15, 0.2) is 0 Å². The predicted molar refractivity (Wildman–Crippen MR) is 51.4 cm³/mol. The molecule has 3 rings (SSSR count). The van der Waals surface area contributed by atoms with Gasteiger partial charge in [-0.1, -0.05) is 0 Å². The van der Waals surface area contributed by atoms with E-state index in [1.54, 1.807) is 0 Å². The molecule has 2 nitrogen and oxygen atoms in total. The van der Waals surface area contributed by atoms with E-state index in [0.717, 1.165) is 6.61 Å². The molecule has 0 radical (unpaired) electrons. The summed E-state index contributed by atoms with van der Waals surface area (Å²) >= 11 is 0. The Bertz CT molecular complexity index is 212. The van der Waals surface area contributed by atoms with Gasteiger partial charge in [0.2, 0.25) is 0 Å². The molecule has 0 aromatic carbocycles. The van der Waals surface area contributed by atoms with E-state index in [2.05, 4.69) is 0 Å². The minimum Gasteiger partial charge on any atom is -0.378 e. The van der Waals surface area contributed by atoms with Crippen molar-refractivity contribution in [3.8, 4) is 0 Å². The average Bonchev–Trinajstić information content (AvgIpc) is 3.01. The van der Waals surface area contributed by atoms with Crippen LogP contribution in [0.2, 0.25) is 0 Å². The number of nitrogens with two attached hydrogens (primary N) is 1. The molecule has 0 aromatic rings. The lowest BCUT2D eigenvalue weighted by Crippen LogP contribution is -2.44. The van der Waals surface area contributed by atoms with Gasteiger partial charge >= 0.3 is 0 Å². The van der Waals surface area contributed by atoms with Crippen LogP contribution in [0.5, 0.6) is 0 Å². The van der Waals surface area contributed by atoms with Gasteiger partial charge in [0, 0.05) is 17.6 Å². The van der Waals surface area contributed by atoms with Gasteiger partial charge in [0.1, 0.15) is 0 Å². The third-order valence-electron chi connectivity index (χ3n) is 4.36. The molecule has 13 heavy (non-hydrogen) atoms. The summed E-state index contributed by atoms with van der Waals surface area (Å²) in [5.41, 5.74) is 6.95. The van der Waals surface area contributed by atoms with Gasteiger partial charge in [-0.2, -0.15) is 0 Å². The highest BCUT2D eigenvalue weighted by Crippen LogP contribution is 2.66. The van der Waals surface area contributed by atoms with Crippen molar-refractivity contribution in [1.82, 2.24) is 0 Å². The SMILES string of the molecule is NC1(C2(C3CCCCO3)CC2)CC1. The van der Waals surface area contributed by atoms with Crippen molar-refractivity contribution < 1.29 is 4.74 Å². The molecule has 0 aromatic heterocycles. The molecular weight excluding hydrogens is 162 g/mol. The van der Waals surface area contributed by atoms with Gasteiger partial charge in [0.05, 0.1) is 6.10 Å². The van der Waals surface area contributed by atoms with E-state index in [-0.39, 0.29) is 5.54 Å². The molecule has 2 aliphatic carbocycles. The summed E-state index contributed by atoms with van der Waals surface area (Å²) in [5.74, 6) is 0. The molecular formula is C11H19NO. The molecule has 0 amide bonds. The lowest BCUT2D eigenvalue weighted by molar-refractivity contribution is -0.0416. The van der Waals surface area contributed by atoms with E-state index < -0.39 is 0 Å². The number of hydrogen-bond donors (Lipinski definition) is 1. The Morgan fingerprint density at radius 1 is 1.08 bits per heavy atom. The van der Waals surface area contributed by atoms with Gasteiger partial charge in [0.25, 0.3) is 0 Å². The Hall–Kier alpha value is -0.0800. The van der Waals surface area contributed by atoms with Crippen LogP contribution in [-0.4, -0.2) is 18.2 Å². The fourth-order valence-corrected chi connectivity index (χ4v) is 3.08. The largest absolute Gasteiger partial charge is 0.378 e. The Morgan fingerprint density at radius 2 is 1.85 bits per heavy atom. The smallest absolute Gasteiger partial charge is 0.0648 e. The fraction of sp³-hybridized carbons (Fsp3) is 1.00. The van der Waals surface area contributed by atoms with Gasteiger partial charge in [-0.3, -0.25) is 0 Å². The van der Waals surface area contributed by atoms with Crippen LogP contribution >= 0.6 is 0 Å². The molecule has 0 spiro atoms. The monoisotopic (exact) mass is 181 g/mol. The lowest BCUT2D eigenvalue weighted by Gasteiger charge is -2.34. The molecule has 2 heteroatoms. The molecule has 1 atom stereocenters. The molecule has 2 N–H and O–H groups in total. The van der Waals surface area contributed by atoms with E-state index in [9.17, 15) is 0 Å². The zero-order valence-corrected chi connectivity index (χ0v) is 8.22. The van der Waals surface area contributed by atoms with Crippen molar-refractivity contribution >= 4 is 0 Å². The van der Waals surface area contributed by atoms with Crippen molar-refractivity contribution in [1.29, 1.82) is 0 Å². The maximum atomic E-state index is 6.34. The minimum absolute atomic E-state index is 0.189. The Morgan fingerprint density at radius 3 is 2.31 bits per heavy atom. The van der Waals surface area contributed by atoms with Gasteiger partial charge in [-0.05, 0) is 44.9 Å². The van der Waals surface area contributed by atoms with E-state index in [4.69, 9.17) is 10.5 Å². The summed E-state index contributed by atoms with van der Waals surface area (Å²) in [6.07, 6.45) is 9.52. The second-order valence-corrected chi connectivity index (χ2v) is 5.17. The van der Waals surface area contributed by atoms with Crippen LogP contribution in [0.3, 0.4) is 0 Å². The maximum Gasteiger partial charge on any atom is 0.0648 e. The summed E-state index contributed by atoms with van der Waals surface area (Å²) in [6.45, 7) is 0.975. The lowest BCUT2D eigenvalue weighted by atomic mass is 9.84. The highest BCUT2D eigenvalue weighted by molar-refractivity contribution is 5.22. The zero-order valence-electron chi connectivity index (χ0n) is 8.22. The summed E-state index contributed by atoms with van der Waals surface area (Å²) in [6, 6.07) is 0. The Kier molecular flexibility index (Phi) is 1.58. The van der Waals surface area contributed by atoms with E-state index >= 15 is 0 Å². The first-order valence-electron chi connectivity index (χ1n) is 5.67. The predicted octanol–water partition coefficient (Wildman–Crippen LogP) is 1.83. The van der Waals surface area contributed by atoms with Crippen LogP contribution in [0.4, 0.5) is 0 Å².